The minimum Gasteiger partial charge on any atom is -0.497 e. The summed E-state index contributed by atoms with van der Waals surface area (Å²) in [5.41, 5.74) is 1.05. The van der Waals surface area contributed by atoms with Gasteiger partial charge in [-0.05, 0) is 55.7 Å². The Labute approximate surface area is 213 Å². The lowest BCUT2D eigenvalue weighted by atomic mass is 10.1. The Hall–Kier alpha value is -2.78. The SMILES string of the molecule is CCC(C)NC(=O)C(CC)N(Cc1ccc(OC)cc1)C(=O)CN(c1cccc(Cl)c1)S(C)(=O)=O. The van der Waals surface area contributed by atoms with Crippen molar-refractivity contribution in [2.24, 2.45) is 0 Å². The predicted octanol–water partition coefficient (Wildman–Crippen LogP) is 3.84. The predicted molar refractivity (Wildman–Crippen MR) is 139 cm³/mol. The molecular weight excluding hydrogens is 490 g/mol. The highest BCUT2D eigenvalue weighted by Gasteiger charge is 2.32. The van der Waals surface area contributed by atoms with E-state index in [1.807, 2.05) is 32.9 Å². The van der Waals surface area contributed by atoms with E-state index in [2.05, 4.69) is 5.32 Å². The van der Waals surface area contributed by atoms with Crippen molar-refractivity contribution in [1.82, 2.24) is 10.2 Å². The second-order valence-electron chi connectivity index (χ2n) is 8.36. The fourth-order valence-corrected chi connectivity index (χ4v) is 4.56. The summed E-state index contributed by atoms with van der Waals surface area (Å²) >= 11 is 6.07. The Morgan fingerprint density at radius 1 is 1.09 bits per heavy atom. The number of benzene rings is 2. The van der Waals surface area contributed by atoms with Crippen LogP contribution in [0, 0.1) is 0 Å². The first-order chi connectivity index (χ1) is 16.5. The molecule has 192 valence electrons. The molecule has 1 N–H and O–H groups in total. The summed E-state index contributed by atoms with van der Waals surface area (Å²) < 4.78 is 31.4. The average molecular weight is 524 g/mol. The van der Waals surface area contributed by atoms with Crippen molar-refractivity contribution in [3.05, 3.63) is 59.1 Å². The first-order valence-corrected chi connectivity index (χ1v) is 13.7. The van der Waals surface area contributed by atoms with Crippen molar-refractivity contribution in [2.45, 2.75) is 52.2 Å². The zero-order chi connectivity index (χ0) is 26.2. The molecule has 0 aliphatic rings. The largest absolute Gasteiger partial charge is 0.497 e. The lowest BCUT2D eigenvalue weighted by molar-refractivity contribution is -0.140. The Bertz CT molecular complexity index is 1110. The van der Waals surface area contributed by atoms with Gasteiger partial charge in [0.05, 0.1) is 19.1 Å². The number of methoxy groups -OCH3 is 1. The number of hydrogen-bond acceptors (Lipinski definition) is 5. The molecule has 0 heterocycles. The molecule has 0 spiro atoms. The third-order valence-corrected chi connectivity index (χ3v) is 7.05. The maximum absolute atomic E-state index is 13.6. The minimum absolute atomic E-state index is 0.0616. The van der Waals surface area contributed by atoms with Crippen LogP contribution in [-0.4, -0.2) is 57.1 Å². The van der Waals surface area contributed by atoms with E-state index in [4.69, 9.17) is 16.3 Å². The molecule has 2 atom stereocenters. The number of anilines is 1. The average Bonchev–Trinajstić information content (AvgIpc) is 2.81. The number of halogens is 1. The second kappa shape index (κ2) is 12.8. The Morgan fingerprint density at radius 2 is 1.74 bits per heavy atom. The fraction of sp³-hybridized carbons (Fsp3) is 0.440. The van der Waals surface area contributed by atoms with Gasteiger partial charge in [-0.3, -0.25) is 13.9 Å². The molecule has 0 aromatic heterocycles. The maximum atomic E-state index is 13.6. The van der Waals surface area contributed by atoms with E-state index in [-0.39, 0.29) is 24.2 Å². The number of ether oxygens (including phenoxy) is 1. The van der Waals surface area contributed by atoms with Crippen LogP contribution in [0.3, 0.4) is 0 Å². The lowest BCUT2D eigenvalue weighted by Crippen LogP contribution is -2.53. The van der Waals surface area contributed by atoms with E-state index < -0.39 is 28.5 Å². The molecule has 0 aliphatic heterocycles. The van der Waals surface area contributed by atoms with Crippen molar-refractivity contribution in [2.75, 3.05) is 24.2 Å². The van der Waals surface area contributed by atoms with Crippen LogP contribution >= 0.6 is 11.6 Å². The maximum Gasteiger partial charge on any atom is 0.244 e. The van der Waals surface area contributed by atoms with Crippen LogP contribution in [0.2, 0.25) is 5.02 Å². The van der Waals surface area contributed by atoms with E-state index in [1.165, 1.54) is 11.0 Å². The fourth-order valence-electron chi connectivity index (χ4n) is 3.53. The van der Waals surface area contributed by atoms with Gasteiger partial charge in [-0.15, -0.1) is 0 Å². The van der Waals surface area contributed by atoms with Gasteiger partial charge in [-0.2, -0.15) is 0 Å². The molecule has 10 heteroatoms. The van der Waals surface area contributed by atoms with Gasteiger partial charge in [0.2, 0.25) is 21.8 Å². The molecule has 8 nitrogen and oxygen atoms in total. The van der Waals surface area contributed by atoms with E-state index in [0.717, 1.165) is 22.5 Å². The Balaban J connectivity index is 2.43. The molecule has 0 saturated heterocycles. The summed E-state index contributed by atoms with van der Waals surface area (Å²) in [6, 6.07) is 12.6. The second-order valence-corrected chi connectivity index (χ2v) is 10.7. The number of carbonyl (C=O) groups excluding carboxylic acids is 2. The number of sulfonamides is 1. The zero-order valence-corrected chi connectivity index (χ0v) is 22.4. The molecule has 2 aromatic rings. The summed E-state index contributed by atoms with van der Waals surface area (Å²) in [5, 5.41) is 3.29. The highest BCUT2D eigenvalue weighted by Crippen LogP contribution is 2.23. The summed E-state index contributed by atoms with van der Waals surface area (Å²) in [5.74, 6) is -0.118. The van der Waals surface area contributed by atoms with Crippen LogP contribution in [-0.2, 0) is 26.2 Å². The molecule has 0 saturated carbocycles. The Morgan fingerprint density at radius 3 is 2.26 bits per heavy atom. The van der Waals surface area contributed by atoms with Crippen molar-refractivity contribution < 1.29 is 22.7 Å². The van der Waals surface area contributed by atoms with E-state index in [9.17, 15) is 18.0 Å². The van der Waals surface area contributed by atoms with E-state index >= 15 is 0 Å². The van der Waals surface area contributed by atoms with Gasteiger partial charge in [0.1, 0.15) is 18.3 Å². The summed E-state index contributed by atoms with van der Waals surface area (Å²) in [6.07, 6.45) is 2.13. The van der Waals surface area contributed by atoms with Crippen LogP contribution in [0.4, 0.5) is 5.69 Å². The number of carbonyl (C=O) groups is 2. The first-order valence-electron chi connectivity index (χ1n) is 11.5. The van der Waals surface area contributed by atoms with Crippen molar-refractivity contribution in [3.8, 4) is 5.75 Å². The quantitative estimate of drug-likeness (QED) is 0.456. The van der Waals surface area contributed by atoms with E-state index in [1.54, 1.807) is 37.4 Å². The minimum atomic E-state index is -3.81. The summed E-state index contributed by atoms with van der Waals surface area (Å²) in [6.45, 7) is 5.33. The zero-order valence-electron chi connectivity index (χ0n) is 20.8. The standard InChI is InChI=1S/C25H34ClN3O5S/c1-6-18(3)27-25(31)23(7-2)28(16-19-11-13-22(34-4)14-12-19)24(30)17-29(35(5,32)33)21-10-8-9-20(26)15-21/h8-15,18,23H,6-7,16-17H2,1-5H3,(H,27,31). The number of rotatable bonds is 12. The molecular formula is C25H34ClN3O5S. The van der Waals surface area contributed by atoms with Gasteiger partial charge >= 0.3 is 0 Å². The molecule has 0 aliphatic carbocycles. The highest BCUT2D eigenvalue weighted by molar-refractivity contribution is 7.92. The Kier molecular flexibility index (Phi) is 10.4. The topological polar surface area (TPSA) is 96.0 Å². The number of nitrogens with one attached hydrogen (secondary N) is 1. The van der Waals surface area contributed by atoms with Crippen LogP contribution in [0.5, 0.6) is 5.75 Å². The summed E-state index contributed by atoms with van der Waals surface area (Å²) in [4.78, 5) is 28.2. The monoisotopic (exact) mass is 523 g/mol. The van der Waals surface area contributed by atoms with Crippen LogP contribution in [0.1, 0.15) is 39.2 Å². The van der Waals surface area contributed by atoms with E-state index in [0.29, 0.717) is 17.2 Å². The molecule has 2 unspecified atom stereocenters. The van der Waals surface area contributed by atoms with Gasteiger partial charge in [0.15, 0.2) is 0 Å². The highest BCUT2D eigenvalue weighted by atomic mass is 35.5. The number of nitrogens with zero attached hydrogens (tertiary/aromatic N) is 2. The molecule has 0 radical (unpaired) electrons. The van der Waals surface area contributed by atoms with Gasteiger partial charge in [-0.25, -0.2) is 8.42 Å². The lowest BCUT2D eigenvalue weighted by Gasteiger charge is -2.33. The smallest absolute Gasteiger partial charge is 0.244 e. The van der Waals surface area contributed by atoms with Gasteiger partial charge < -0.3 is 15.0 Å². The number of amides is 2. The van der Waals surface area contributed by atoms with Crippen molar-refractivity contribution >= 4 is 39.1 Å². The first kappa shape index (κ1) is 28.5. The van der Waals surface area contributed by atoms with Gasteiger partial charge in [0.25, 0.3) is 0 Å². The van der Waals surface area contributed by atoms with Crippen LogP contribution in [0.15, 0.2) is 48.5 Å². The van der Waals surface area contributed by atoms with Gasteiger partial charge in [0, 0.05) is 17.6 Å². The molecule has 2 aromatic carbocycles. The van der Waals surface area contributed by atoms with Crippen molar-refractivity contribution in [3.63, 3.8) is 0 Å². The molecule has 2 rings (SSSR count). The normalized spacial score (nSPS) is 13.0. The molecule has 2 amide bonds. The van der Waals surface area contributed by atoms with Crippen LogP contribution < -0.4 is 14.4 Å². The molecule has 0 fully saturated rings. The van der Waals surface area contributed by atoms with Crippen LogP contribution in [0.25, 0.3) is 0 Å². The molecule has 35 heavy (non-hydrogen) atoms. The number of hydrogen-bond donors (Lipinski definition) is 1. The third-order valence-electron chi connectivity index (χ3n) is 5.67. The third kappa shape index (κ3) is 8.14. The van der Waals surface area contributed by atoms with Gasteiger partial charge in [-0.1, -0.05) is 43.6 Å². The molecule has 0 bridgehead atoms. The van der Waals surface area contributed by atoms with Crippen molar-refractivity contribution in [1.29, 1.82) is 0 Å². The summed E-state index contributed by atoms with van der Waals surface area (Å²) in [7, 11) is -2.25.